The van der Waals surface area contributed by atoms with Crippen molar-refractivity contribution in [2.75, 3.05) is 0 Å². The molecule has 3 aromatic rings. The maximum Gasteiger partial charge on any atom is 0.416 e. The van der Waals surface area contributed by atoms with E-state index in [1.807, 2.05) is 19.9 Å². The first-order valence-electron chi connectivity index (χ1n) is 6.96. The molecule has 0 amide bonds. The van der Waals surface area contributed by atoms with Crippen molar-refractivity contribution in [3.05, 3.63) is 58.7 Å². The largest absolute Gasteiger partial charge is 0.478 e. The summed E-state index contributed by atoms with van der Waals surface area (Å²) in [5, 5.41) is 11.3. The third kappa shape index (κ3) is 2.52. The molecule has 118 valence electrons. The average Bonchev–Trinajstić information content (AvgIpc) is 2.44. The van der Waals surface area contributed by atoms with E-state index in [1.165, 1.54) is 12.1 Å². The lowest BCUT2D eigenvalue weighted by atomic mass is 9.92. The van der Waals surface area contributed by atoms with Crippen LogP contribution in [0, 0.1) is 13.8 Å². The van der Waals surface area contributed by atoms with Crippen LogP contribution in [0.25, 0.3) is 21.5 Å². The van der Waals surface area contributed by atoms with Crippen LogP contribution < -0.4 is 0 Å². The number of hydrogen-bond acceptors (Lipinski definition) is 1. The molecule has 0 atom stereocenters. The first kappa shape index (κ1) is 15.3. The summed E-state index contributed by atoms with van der Waals surface area (Å²) in [4.78, 5) is 11.5. The van der Waals surface area contributed by atoms with Crippen molar-refractivity contribution in [3.63, 3.8) is 0 Å². The van der Waals surface area contributed by atoms with Gasteiger partial charge in [-0.15, -0.1) is 0 Å². The monoisotopic (exact) mass is 318 g/mol. The zero-order valence-electron chi connectivity index (χ0n) is 12.5. The third-order valence-corrected chi connectivity index (χ3v) is 3.98. The Hall–Kier alpha value is -2.56. The maximum atomic E-state index is 13.0. The van der Waals surface area contributed by atoms with Crippen molar-refractivity contribution in [1.29, 1.82) is 0 Å². The predicted molar refractivity (Wildman–Crippen MR) is 82.9 cm³/mol. The molecule has 5 heteroatoms. The molecule has 0 unspecified atom stereocenters. The molecule has 0 radical (unpaired) electrons. The van der Waals surface area contributed by atoms with Gasteiger partial charge >= 0.3 is 12.1 Å². The SMILES string of the molecule is Cc1cc(C)c2cc(C(=O)O)c3ccc(C(F)(F)F)cc3c2c1. The Labute approximate surface area is 130 Å². The number of carboxylic acid groups (broad SMARTS) is 1. The fraction of sp³-hybridized carbons (Fsp3) is 0.167. The van der Waals surface area contributed by atoms with Gasteiger partial charge in [-0.1, -0.05) is 23.8 Å². The Morgan fingerprint density at radius 3 is 2.17 bits per heavy atom. The first-order valence-corrected chi connectivity index (χ1v) is 6.96. The molecular formula is C18H13F3O2. The van der Waals surface area contributed by atoms with E-state index in [9.17, 15) is 23.1 Å². The Morgan fingerprint density at radius 2 is 1.57 bits per heavy atom. The molecule has 23 heavy (non-hydrogen) atoms. The van der Waals surface area contributed by atoms with E-state index in [4.69, 9.17) is 0 Å². The van der Waals surface area contributed by atoms with Crippen molar-refractivity contribution in [1.82, 2.24) is 0 Å². The quantitative estimate of drug-likeness (QED) is 0.616. The van der Waals surface area contributed by atoms with Crippen LogP contribution in [0.3, 0.4) is 0 Å². The second kappa shape index (κ2) is 4.98. The number of halogens is 3. The van der Waals surface area contributed by atoms with Gasteiger partial charge in [0.2, 0.25) is 0 Å². The highest BCUT2D eigenvalue weighted by Crippen LogP contribution is 2.36. The van der Waals surface area contributed by atoms with Crippen LogP contribution in [0.1, 0.15) is 27.0 Å². The summed E-state index contributed by atoms with van der Waals surface area (Å²) in [6.07, 6.45) is -4.47. The number of carbonyl (C=O) groups is 1. The Kier molecular flexibility index (Phi) is 3.32. The van der Waals surface area contributed by atoms with Crippen molar-refractivity contribution in [3.8, 4) is 0 Å². The predicted octanol–water partition coefficient (Wildman–Crippen LogP) is 5.33. The lowest BCUT2D eigenvalue weighted by Crippen LogP contribution is -2.05. The molecule has 2 nitrogen and oxygen atoms in total. The second-order valence-electron chi connectivity index (χ2n) is 5.66. The molecular weight excluding hydrogens is 305 g/mol. The number of carboxylic acids is 1. The number of aromatic carboxylic acids is 1. The van der Waals surface area contributed by atoms with Gasteiger partial charge in [-0.2, -0.15) is 13.2 Å². The van der Waals surface area contributed by atoms with Gasteiger partial charge in [0, 0.05) is 0 Å². The fourth-order valence-electron chi connectivity index (χ4n) is 2.97. The summed E-state index contributed by atoms with van der Waals surface area (Å²) in [6, 6.07) is 8.39. The molecule has 0 fully saturated rings. The minimum Gasteiger partial charge on any atom is -0.478 e. The standard InChI is InChI=1S/C18H13F3O2/c1-9-5-10(2)13-8-16(17(22)23)12-4-3-11(18(19,20)21)7-15(12)14(13)6-9/h3-8H,1-2H3,(H,22,23). The normalized spacial score (nSPS) is 12.0. The number of benzene rings is 3. The van der Waals surface area contributed by atoms with Crippen molar-refractivity contribution in [2.45, 2.75) is 20.0 Å². The molecule has 0 aliphatic heterocycles. The van der Waals surface area contributed by atoms with E-state index < -0.39 is 17.7 Å². The minimum absolute atomic E-state index is 0.00757. The summed E-state index contributed by atoms with van der Waals surface area (Å²) in [5.74, 6) is -1.16. The van der Waals surface area contributed by atoms with E-state index in [1.54, 1.807) is 6.07 Å². The summed E-state index contributed by atoms with van der Waals surface area (Å²) in [5.41, 5.74) is 0.972. The summed E-state index contributed by atoms with van der Waals surface area (Å²) >= 11 is 0. The molecule has 1 N–H and O–H groups in total. The van der Waals surface area contributed by atoms with Crippen LogP contribution in [-0.2, 0) is 6.18 Å². The lowest BCUT2D eigenvalue weighted by Gasteiger charge is -2.13. The molecule has 0 aliphatic rings. The van der Waals surface area contributed by atoms with Crippen LogP contribution in [-0.4, -0.2) is 11.1 Å². The Morgan fingerprint density at radius 1 is 0.913 bits per heavy atom. The van der Waals surface area contributed by atoms with Crippen LogP contribution in [0.15, 0.2) is 36.4 Å². The van der Waals surface area contributed by atoms with Crippen LogP contribution in [0.2, 0.25) is 0 Å². The third-order valence-electron chi connectivity index (χ3n) is 3.98. The minimum atomic E-state index is -4.47. The number of rotatable bonds is 1. The van der Waals surface area contributed by atoms with E-state index in [0.29, 0.717) is 21.5 Å². The van der Waals surface area contributed by atoms with Crippen molar-refractivity contribution in [2.24, 2.45) is 0 Å². The smallest absolute Gasteiger partial charge is 0.416 e. The van der Waals surface area contributed by atoms with Gasteiger partial charge in [0.05, 0.1) is 11.1 Å². The first-order chi connectivity index (χ1) is 10.7. The molecule has 3 aromatic carbocycles. The summed E-state index contributed by atoms with van der Waals surface area (Å²) in [7, 11) is 0. The van der Waals surface area contributed by atoms with Crippen LogP contribution >= 0.6 is 0 Å². The zero-order valence-corrected chi connectivity index (χ0v) is 12.5. The molecule has 0 spiro atoms. The Bertz CT molecular complexity index is 956. The van der Waals surface area contributed by atoms with Gasteiger partial charge in [-0.3, -0.25) is 0 Å². The molecule has 3 rings (SSSR count). The molecule has 0 saturated heterocycles. The van der Waals surface area contributed by atoms with Crippen molar-refractivity contribution >= 4 is 27.5 Å². The fourth-order valence-corrected chi connectivity index (χ4v) is 2.97. The highest BCUT2D eigenvalue weighted by molar-refractivity contribution is 6.16. The zero-order chi connectivity index (χ0) is 16.9. The maximum absolute atomic E-state index is 13.0. The average molecular weight is 318 g/mol. The number of hydrogen-bond donors (Lipinski definition) is 1. The van der Waals surface area contributed by atoms with Crippen LogP contribution in [0.5, 0.6) is 0 Å². The topological polar surface area (TPSA) is 37.3 Å². The molecule has 0 saturated carbocycles. The van der Waals surface area contributed by atoms with E-state index in [2.05, 4.69) is 0 Å². The van der Waals surface area contributed by atoms with Gasteiger partial charge in [0.25, 0.3) is 0 Å². The number of fused-ring (bicyclic) bond motifs is 3. The van der Waals surface area contributed by atoms with E-state index in [-0.39, 0.29) is 5.56 Å². The number of alkyl halides is 3. The Balaban J connectivity index is 2.55. The van der Waals surface area contributed by atoms with Gasteiger partial charge in [0.15, 0.2) is 0 Å². The van der Waals surface area contributed by atoms with E-state index >= 15 is 0 Å². The number of aryl methyl sites for hydroxylation is 2. The van der Waals surface area contributed by atoms with Gasteiger partial charge in [-0.05, 0) is 59.2 Å². The van der Waals surface area contributed by atoms with Gasteiger partial charge < -0.3 is 5.11 Å². The summed E-state index contributed by atoms with van der Waals surface area (Å²) < 4.78 is 39.1. The highest BCUT2D eigenvalue weighted by atomic mass is 19.4. The molecule has 0 aliphatic carbocycles. The highest BCUT2D eigenvalue weighted by Gasteiger charge is 2.31. The van der Waals surface area contributed by atoms with Crippen molar-refractivity contribution < 1.29 is 23.1 Å². The molecule has 0 bridgehead atoms. The molecule has 0 aromatic heterocycles. The molecule has 0 heterocycles. The van der Waals surface area contributed by atoms with E-state index in [0.717, 1.165) is 23.3 Å². The van der Waals surface area contributed by atoms with Gasteiger partial charge in [0.1, 0.15) is 0 Å². The summed E-state index contributed by atoms with van der Waals surface area (Å²) in [6.45, 7) is 3.68. The van der Waals surface area contributed by atoms with Gasteiger partial charge in [-0.25, -0.2) is 4.79 Å². The second-order valence-corrected chi connectivity index (χ2v) is 5.66. The lowest BCUT2D eigenvalue weighted by molar-refractivity contribution is -0.137. The van der Waals surface area contributed by atoms with Crippen LogP contribution in [0.4, 0.5) is 13.2 Å².